The highest BCUT2D eigenvalue weighted by molar-refractivity contribution is 7.89. The fraction of sp³-hybridized carbons (Fsp3) is 0.667. The van der Waals surface area contributed by atoms with Crippen molar-refractivity contribution in [3.63, 3.8) is 0 Å². The van der Waals surface area contributed by atoms with E-state index in [4.69, 9.17) is 9.47 Å². The molecule has 0 spiro atoms. The first kappa shape index (κ1) is 17.7. The molecule has 2 unspecified atom stereocenters. The Balaban J connectivity index is 1.96. The van der Waals surface area contributed by atoms with Gasteiger partial charge in [-0.15, -0.1) is 0 Å². The molecule has 3 rings (SSSR count). The molecule has 0 N–H and O–H groups in total. The van der Waals surface area contributed by atoms with Gasteiger partial charge in [-0.2, -0.15) is 4.31 Å². The second-order valence-electron chi connectivity index (χ2n) is 6.69. The Bertz CT molecular complexity index is 699. The zero-order valence-electron chi connectivity index (χ0n) is 14.7. The Morgan fingerprint density at radius 3 is 2.71 bits per heavy atom. The predicted molar refractivity (Wildman–Crippen MR) is 93.0 cm³/mol. The summed E-state index contributed by atoms with van der Waals surface area (Å²) in [6.45, 7) is 7.15. The van der Waals surface area contributed by atoms with Crippen molar-refractivity contribution in [2.24, 2.45) is 0 Å². The van der Waals surface area contributed by atoms with Gasteiger partial charge in [0.15, 0.2) is 0 Å². The summed E-state index contributed by atoms with van der Waals surface area (Å²) in [5.74, 6) is 0.756. The largest absolute Gasteiger partial charge is 0.494 e. The molecular formula is C18H27NO4S. The third-order valence-electron chi connectivity index (χ3n) is 5.04. The van der Waals surface area contributed by atoms with Gasteiger partial charge in [-0.1, -0.05) is 12.8 Å². The summed E-state index contributed by atoms with van der Waals surface area (Å²) >= 11 is 0. The number of benzene rings is 1. The van der Waals surface area contributed by atoms with Gasteiger partial charge in [0, 0.05) is 6.54 Å². The van der Waals surface area contributed by atoms with Crippen LogP contribution in [0.3, 0.4) is 0 Å². The molecule has 0 aromatic heterocycles. The maximum atomic E-state index is 13.3. The third-order valence-corrected chi connectivity index (χ3v) is 7.11. The third kappa shape index (κ3) is 3.19. The van der Waals surface area contributed by atoms with E-state index in [2.05, 4.69) is 0 Å². The standard InChI is InChI=1S/C18H27NO4S/c1-4-22-17-11-14(3)18(12-13(17)2)24(20,21)19-9-10-23-16-8-6-5-7-15(16)19/h11-12,15-16H,4-10H2,1-3H3. The van der Waals surface area contributed by atoms with E-state index in [-0.39, 0.29) is 12.1 Å². The molecule has 134 valence electrons. The molecular weight excluding hydrogens is 326 g/mol. The molecule has 1 aliphatic carbocycles. The summed E-state index contributed by atoms with van der Waals surface area (Å²) in [6.07, 6.45) is 4.08. The van der Waals surface area contributed by atoms with Crippen molar-refractivity contribution in [3.05, 3.63) is 23.3 Å². The highest BCUT2D eigenvalue weighted by Gasteiger charge is 2.41. The molecule has 6 heteroatoms. The summed E-state index contributed by atoms with van der Waals surface area (Å²) in [5.41, 5.74) is 1.59. The van der Waals surface area contributed by atoms with Gasteiger partial charge in [0.2, 0.25) is 10.0 Å². The molecule has 2 atom stereocenters. The van der Waals surface area contributed by atoms with E-state index in [1.165, 1.54) is 0 Å². The van der Waals surface area contributed by atoms with Gasteiger partial charge in [-0.25, -0.2) is 8.42 Å². The fourth-order valence-electron chi connectivity index (χ4n) is 3.84. The Labute approximate surface area is 145 Å². The number of fused-ring (bicyclic) bond motifs is 1. The van der Waals surface area contributed by atoms with Crippen LogP contribution in [0.1, 0.15) is 43.7 Å². The maximum absolute atomic E-state index is 13.3. The molecule has 1 aromatic rings. The number of ether oxygens (including phenoxy) is 2. The van der Waals surface area contributed by atoms with Gasteiger partial charge in [0.05, 0.1) is 30.3 Å². The first-order valence-corrected chi connectivity index (χ1v) is 10.3. The van der Waals surface area contributed by atoms with Crippen molar-refractivity contribution in [2.45, 2.75) is 63.5 Å². The smallest absolute Gasteiger partial charge is 0.243 e. The van der Waals surface area contributed by atoms with Gasteiger partial charge >= 0.3 is 0 Å². The molecule has 2 fully saturated rings. The lowest BCUT2D eigenvalue weighted by molar-refractivity contribution is -0.0586. The van der Waals surface area contributed by atoms with Gasteiger partial charge < -0.3 is 9.47 Å². The molecule has 0 bridgehead atoms. The molecule has 0 radical (unpaired) electrons. The number of rotatable bonds is 4. The lowest BCUT2D eigenvalue weighted by Crippen LogP contribution is -2.54. The second-order valence-corrected chi connectivity index (χ2v) is 8.55. The van der Waals surface area contributed by atoms with E-state index in [9.17, 15) is 8.42 Å². The van der Waals surface area contributed by atoms with E-state index in [0.29, 0.717) is 24.7 Å². The fourth-order valence-corrected chi connectivity index (χ4v) is 5.79. The average molecular weight is 353 g/mol. The highest BCUT2D eigenvalue weighted by atomic mass is 32.2. The number of morpholine rings is 1. The highest BCUT2D eigenvalue weighted by Crippen LogP contribution is 2.34. The molecule has 24 heavy (non-hydrogen) atoms. The molecule has 1 saturated carbocycles. The zero-order valence-corrected chi connectivity index (χ0v) is 15.6. The van der Waals surface area contributed by atoms with Crippen LogP contribution in [0.4, 0.5) is 0 Å². The van der Waals surface area contributed by atoms with Gasteiger partial charge in [-0.05, 0) is 56.9 Å². The van der Waals surface area contributed by atoms with Gasteiger partial charge in [-0.3, -0.25) is 0 Å². The lowest BCUT2D eigenvalue weighted by atomic mass is 9.91. The Kier molecular flexibility index (Phi) is 5.18. The van der Waals surface area contributed by atoms with Crippen LogP contribution in [0.15, 0.2) is 17.0 Å². The Hall–Kier alpha value is -1.11. The van der Waals surface area contributed by atoms with E-state index < -0.39 is 10.0 Å². The predicted octanol–water partition coefficient (Wildman–Crippen LogP) is 3.03. The summed E-state index contributed by atoms with van der Waals surface area (Å²) in [7, 11) is -3.52. The SMILES string of the molecule is CCOc1cc(C)c(S(=O)(=O)N2CCOC3CCCCC32)cc1C. The molecule has 1 heterocycles. The molecule has 1 saturated heterocycles. The minimum absolute atomic E-state index is 0.0243. The lowest BCUT2D eigenvalue weighted by Gasteiger charge is -2.43. The van der Waals surface area contributed by atoms with Crippen LogP contribution in [0.25, 0.3) is 0 Å². The van der Waals surface area contributed by atoms with Crippen LogP contribution in [0.5, 0.6) is 5.75 Å². The van der Waals surface area contributed by atoms with Crippen LogP contribution in [0, 0.1) is 13.8 Å². The van der Waals surface area contributed by atoms with Crippen LogP contribution in [-0.4, -0.2) is 44.6 Å². The first-order valence-electron chi connectivity index (χ1n) is 8.82. The quantitative estimate of drug-likeness (QED) is 0.835. The Morgan fingerprint density at radius 2 is 1.96 bits per heavy atom. The van der Waals surface area contributed by atoms with Crippen molar-refractivity contribution in [1.82, 2.24) is 4.31 Å². The van der Waals surface area contributed by atoms with Gasteiger partial charge in [0.25, 0.3) is 0 Å². The first-order chi connectivity index (χ1) is 11.4. The molecule has 1 aliphatic heterocycles. The van der Waals surface area contributed by atoms with Crippen molar-refractivity contribution < 1.29 is 17.9 Å². The zero-order chi connectivity index (χ0) is 17.3. The topological polar surface area (TPSA) is 55.8 Å². The van der Waals surface area contributed by atoms with Crippen molar-refractivity contribution >= 4 is 10.0 Å². The average Bonchev–Trinajstić information content (AvgIpc) is 2.57. The van der Waals surface area contributed by atoms with Crippen LogP contribution >= 0.6 is 0 Å². The minimum Gasteiger partial charge on any atom is -0.494 e. The summed E-state index contributed by atoms with van der Waals surface area (Å²) in [5, 5.41) is 0. The van der Waals surface area contributed by atoms with E-state index in [1.807, 2.05) is 26.8 Å². The van der Waals surface area contributed by atoms with Crippen molar-refractivity contribution in [3.8, 4) is 5.75 Å². The minimum atomic E-state index is -3.52. The number of sulfonamides is 1. The van der Waals surface area contributed by atoms with Crippen LogP contribution in [-0.2, 0) is 14.8 Å². The van der Waals surface area contributed by atoms with Crippen LogP contribution in [0.2, 0.25) is 0 Å². The Morgan fingerprint density at radius 1 is 1.21 bits per heavy atom. The van der Waals surface area contributed by atoms with E-state index in [1.54, 1.807) is 10.4 Å². The van der Waals surface area contributed by atoms with Crippen molar-refractivity contribution in [1.29, 1.82) is 0 Å². The van der Waals surface area contributed by atoms with Gasteiger partial charge in [0.1, 0.15) is 5.75 Å². The van der Waals surface area contributed by atoms with Crippen LogP contribution < -0.4 is 4.74 Å². The van der Waals surface area contributed by atoms with E-state index >= 15 is 0 Å². The molecule has 0 amide bonds. The summed E-state index contributed by atoms with van der Waals surface area (Å²) < 4.78 is 39.7. The summed E-state index contributed by atoms with van der Waals surface area (Å²) in [6, 6.07) is 3.57. The van der Waals surface area contributed by atoms with E-state index in [0.717, 1.165) is 42.6 Å². The number of aryl methyl sites for hydroxylation is 2. The molecule has 2 aliphatic rings. The normalized spacial score (nSPS) is 25.3. The summed E-state index contributed by atoms with van der Waals surface area (Å²) in [4.78, 5) is 0.398. The number of nitrogens with zero attached hydrogens (tertiary/aromatic N) is 1. The number of hydrogen-bond donors (Lipinski definition) is 0. The maximum Gasteiger partial charge on any atom is 0.243 e. The molecule has 1 aromatic carbocycles. The second kappa shape index (κ2) is 7.02. The van der Waals surface area contributed by atoms with Crippen molar-refractivity contribution in [2.75, 3.05) is 19.8 Å². The number of hydrogen-bond acceptors (Lipinski definition) is 4. The monoisotopic (exact) mass is 353 g/mol. The molecule has 5 nitrogen and oxygen atoms in total.